The zero-order chi connectivity index (χ0) is 14.3. The maximum absolute atomic E-state index is 12.2. The Hall–Kier alpha value is -2.24. The molecule has 1 fully saturated rings. The third kappa shape index (κ3) is 2.07. The number of rotatable bonds is 3. The van der Waals surface area contributed by atoms with E-state index in [0.717, 1.165) is 0 Å². The van der Waals surface area contributed by atoms with Crippen molar-refractivity contribution in [3.05, 3.63) is 23.8 Å². The third-order valence-corrected chi connectivity index (χ3v) is 3.91. The molecule has 106 valence electrons. The molecule has 6 nitrogen and oxygen atoms in total. The van der Waals surface area contributed by atoms with Crippen LogP contribution in [0.2, 0.25) is 0 Å². The molecule has 1 saturated heterocycles. The highest BCUT2D eigenvalue weighted by molar-refractivity contribution is 5.95. The monoisotopic (exact) mass is 277 g/mol. The van der Waals surface area contributed by atoms with E-state index in [9.17, 15) is 9.59 Å². The molecule has 1 aromatic rings. The summed E-state index contributed by atoms with van der Waals surface area (Å²) >= 11 is 0. The number of fused-ring (bicyclic) bond motifs is 1. The van der Waals surface area contributed by atoms with Crippen LogP contribution in [-0.4, -0.2) is 41.8 Å². The van der Waals surface area contributed by atoms with Crippen molar-refractivity contribution in [1.29, 1.82) is 0 Å². The van der Waals surface area contributed by atoms with E-state index in [1.165, 1.54) is 0 Å². The fourth-order valence-electron chi connectivity index (χ4n) is 2.41. The molecule has 1 aromatic carbocycles. The minimum Gasteiger partial charge on any atom is -0.481 e. The molecule has 0 radical (unpaired) electrons. The molecule has 1 amide bonds. The average Bonchev–Trinajstić information content (AvgIpc) is 2.83. The smallest absolute Gasteiger partial charge is 0.306 e. The first kappa shape index (κ1) is 12.8. The predicted molar refractivity (Wildman–Crippen MR) is 68.8 cm³/mol. The van der Waals surface area contributed by atoms with Gasteiger partial charge in [0.15, 0.2) is 11.5 Å². The number of aliphatic carboxylic acids is 1. The summed E-state index contributed by atoms with van der Waals surface area (Å²) in [6.45, 7) is 2.83. The molecule has 0 bridgehead atoms. The molecule has 1 N–H and O–H groups in total. The second-order valence-corrected chi connectivity index (χ2v) is 5.17. The molecule has 0 aliphatic carbocycles. The number of benzene rings is 1. The summed E-state index contributed by atoms with van der Waals surface area (Å²) in [6, 6.07) is 5.08. The van der Waals surface area contributed by atoms with E-state index in [1.54, 1.807) is 30.0 Å². The van der Waals surface area contributed by atoms with Gasteiger partial charge in [-0.3, -0.25) is 9.59 Å². The summed E-state index contributed by atoms with van der Waals surface area (Å²) in [7, 11) is 0. The van der Waals surface area contributed by atoms with Crippen LogP contribution >= 0.6 is 0 Å². The Kier molecular flexibility index (Phi) is 3.00. The first-order chi connectivity index (χ1) is 9.56. The third-order valence-electron chi connectivity index (χ3n) is 3.91. The Balaban J connectivity index is 1.65. The zero-order valence-corrected chi connectivity index (χ0v) is 11.0. The quantitative estimate of drug-likeness (QED) is 0.898. The van der Waals surface area contributed by atoms with Crippen molar-refractivity contribution in [3.63, 3.8) is 0 Å². The second kappa shape index (κ2) is 4.70. The number of carbonyl (C=O) groups is 2. The van der Waals surface area contributed by atoms with Crippen LogP contribution in [0.15, 0.2) is 18.2 Å². The molecular formula is C14H15NO5. The van der Waals surface area contributed by atoms with Crippen LogP contribution < -0.4 is 9.47 Å². The van der Waals surface area contributed by atoms with Crippen molar-refractivity contribution in [1.82, 2.24) is 4.90 Å². The average molecular weight is 277 g/mol. The van der Waals surface area contributed by atoms with Crippen LogP contribution in [0, 0.1) is 11.8 Å². The van der Waals surface area contributed by atoms with Gasteiger partial charge in [-0.25, -0.2) is 0 Å². The van der Waals surface area contributed by atoms with Crippen molar-refractivity contribution in [2.45, 2.75) is 6.92 Å². The number of amides is 1. The van der Waals surface area contributed by atoms with Crippen molar-refractivity contribution < 1.29 is 24.2 Å². The molecule has 2 aliphatic rings. The van der Waals surface area contributed by atoms with Gasteiger partial charge in [0, 0.05) is 24.6 Å². The maximum Gasteiger partial charge on any atom is 0.306 e. The lowest BCUT2D eigenvalue weighted by Crippen LogP contribution is -2.53. The second-order valence-electron chi connectivity index (χ2n) is 5.17. The Morgan fingerprint density at radius 2 is 2.00 bits per heavy atom. The van der Waals surface area contributed by atoms with Gasteiger partial charge >= 0.3 is 5.97 Å². The number of ether oxygens (including phenoxy) is 2. The predicted octanol–water partition coefficient (Wildman–Crippen LogP) is 1.21. The number of likely N-dealkylation sites (tertiary alicyclic amines) is 1. The van der Waals surface area contributed by atoms with Crippen LogP contribution in [0.3, 0.4) is 0 Å². The number of carbonyl (C=O) groups excluding carboxylic acids is 1. The van der Waals surface area contributed by atoms with E-state index >= 15 is 0 Å². The SMILES string of the molecule is CC(C(=O)O)C1CN(C(=O)c2ccc3c(c2)OCO3)C1. The fourth-order valence-corrected chi connectivity index (χ4v) is 2.41. The molecule has 20 heavy (non-hydrogen) atoms. The first-order valence-corrected chi connectivity index (χ1v) is 6.48. The van der Waals surface area contributed by atoms with E-state index in [1.807, 2.05) is 0 Å². The van der Waals surface area contributed by atoms with Gasteiger partial charge in [-0.1, -0.05) is 6.92 Å². The summed E-state index contributed by atoms with van der Waals surface area (Å²) in [5.41, 5.74) is 0.538. The highest BCUT2D eigenvalue weighted by Gasteiger charge is 2.37. The van der Waals surface area contributed by atoms with E-state index in [0.29, 0.717) is 30.2 Å². The van der Waals surface area contributed by atoms with Crippen LogP contribution in [0.1, 0.15) is 17.3 Å². The maximum atomic E-state index is 12.2. The molecular weight excluding hydrogens is 262 g/mol. The number of carboxylic acid groups (broad SMARTS) is 1. The molecule has 2 heterocycles. The van der Waals surface area contributed by atoms with E-state index in [2.05, 4.69) is 0 Å². The first-order valence-electron chi connectivity index (χ1n) is 6.48. The Labute approximate surface area is 115 Å². The normalized spacial score (nSPS) is 18.6. The van der Waals surface area contributed by atoms with Crippen molar-refractivity contribution in [2.75, 3.05) is 19.9 Å². The molecule has 0 spiro atoms. The van der Waals surface area contributed by atoms with E-state index < -0.39 is 11.9 Å². The van der Waals surface area contributed by atoms with Gasteiger partial charge in [0.25, 0.3) is 5.91 Å². The van der Waals surface area contributed by atoms with Crippen molar-refractivity contribution in [3.8, 4) is 11.5 Å². The summed E-state index contributed by atoms with van der Waals surface area (Å²) in [4.78, 5) is 24.8. The summed E-state index contributed by atoms with van der Waals surface area (Å²) in [6.07, 6.45) is 0. The van der Waals surface area contributed by atoms with Crippen molar-refractivity contribution >= 4 is 11.9 Å². The highest BCUT2D eigenvalue weighted by Crippen LogP contribution is 2.33. The minimum atomic E-state index is -0.815. The van der Waals surface area contributed by atoms with Gasteiger partial charge in [0.1, 0.15) is 0 Å². The van der Waals surface area contributed by atoms with Gasteiger partial charge in [-0.2, -0.15) is 0 Å². The molecule has 0 saturated carbocycles. The molecule has 1 atom stereocenters. The molecule has 0 aromatic heterocycles. The van der Waals surface area contributed by atoms with Crippen LogP contribution in [0.5, 0.6) is 11.5 Å². The van der Waals surface area contributed by atoms with E-state index in [-0.39, 0.29) is 18.6 Å². The largest absolute Gasteiger partial charge is 0.481 e. The number of hydrogen-bond donors (Lipinski definition) is 1. The van der Waals surface area contributed by atoms with E-state index in [4.69, 9.17) is 14.6 Å². The number of nitrogens with zero attached hydrogens (tertiary/aromatic N) is 1. The Morgan fingerprint density at radius 3 is 2.70 bits per heavy atom. The minimum absolute atomic E-state index is 0.0328. The van der Waals surface area contributed by atoms with Gasteiger partial charge in [-0.05, 0) is 18.2 Å². The number of carboxylic acids is 1. The standard InChI is InChI=1S/C14H15NO5/c1-8(14(17)18)10-5-15(6-10)13(16)9-2-3-11-12(4-9)20-7-19-11/h2-4,8,10H,5-7H2,1H3,(H,17,18). The lowest BCUT2D eigenvalue weighted by molar-refractivity contribution is -0.144. The van der Waals surface area contributed by atoms with Gasteiger partial charge in [0.2, 0.25) is 6.79 Å². The fraction of sp³-hybridized carbons (Fsp3) is 0.429. The van der Waals surface area contributed by atoms with Crippen LogP contribution in [-0.2, 0) is 4.79 Å². The molecule has 6 heteroatoms. The molecule has 2 aliphatic heterocycles. The number of hydrogen-bond acceptors (Lipinski definition) is 4. The lowest BCUT2D eigenvalue weighted by Gasteiger charge is -2.41. The highest BCUT2D eigenvalue weighted by atomic mass is 16.7. The Bertz CT molecular complexity index is 565. The van der Waals surface area contributed by atoms with Gasteiger partial charge in [0.05, 0.1) is 5.92 Å². The van der Waals surface area contributed by atoms with Crippen LogP contribution in [0.25, 0.3) is 0 Å². The van der Waals surface area contributed by atoms with Gasteiger partial charge in [-0.15, -0.1) is 0 Å². The van der Waals surface area contributed by atoms with Gasteiger partial charge < -0.3 is 19.5 Å². The molecule has 3 rings (SSSR count). The van der Waals surface area contributed by atoms with Crippen LogP contribution in [0.4, 0.5) is 0 Å². The Morgan fingerprint density at radius 1 is 1.30 bits per heavy atom. The lowest BCUT2D eigenvalue weighted by atomic mass is 9.86. The summed E-state index contributed by atoms with van der Waals surface area (Å²) < 4.78 is 10.4. The summed E-state index contributed by atoms with van der Waals surface area (Å²) in [5.74, 6) is -0.0852. The summed E-state index contributed by atoms with van der Waals surface area (Å²) in [5, 5.41) is 8.93. The zero-order valence-electron chi connectivity index (χ0n) is 11.0. The molecule has 1 unspecified atom stereocenters. The van der Waals surface area contributed by atoms with Crippen molar-refractivity contribution in [2.24, 2.45) is 11.8 Å². The topological polar surface area (TPSA) is 76.1 Å².